The number of hydrogen-bond donors (Lipinski definition) is 0. The molecule has 1 aliphatic rings. The molecule has 0 aliphatic carbocycles. The van der Waals surface area contributed by atoms with Crippen molar-refractivity contribution in [3.8, 4) is 17.0 Å². The van der Waals surface area contributed by atoms with Crippen molar-refractivity contribution in [3.05, 3.63) is 77.5 Å². The maximum absolute atomic E-state index is 13.0. The minimum Gasteiger partial charge on any atom is -0.483 e. The minimum atomic E-state index is -4.47. The molecule has 0 fully saturated rings. The molecule has 8 heteroatoms. The summed E-state index contributed by atoms with van der Waals surface area (Å²) in [5.41, 5.74) is 2.99. The number of aromatic nitrogens is 1. The molecule has 1 aromatic heterocycles. The second-order valence-corrected chi connectivity index (χ2v) is 7.30. The monoisotopic (exact) mass is 440 g/mol. The number of benzene rings is 2. The smallest absolute Gasteiger partial charge is 0.422 e. The van der Waals surface area contributed by atoms with Crippen molar-refractivity contribution >= 4 is 17.4 Å². The fraction of sp³-hybridized carbons (Fsp3) is 0.208. The second-order valence-electron chi connectivity index (χ2n) is 7.30. The lowest BCUT2D eigenvalue weighted by Gasteiger charge is -2.16. The van der Waals surface area contributed by atoms with Gasteiger partial charge < -0.3 is 9.64 Å². The van der Waals surface area contributed by atoms with Crippen LogP contribution >= 0.6 is 0 Å². The van der Waals surface area contributed by atoms with Gasteiger partial charge in [-0.05, 0) is 42.5 Å². The van der Waals surface area contributed by atoms with Crippen LogP contribution in [0.25, 0.3) is 11.3 Å². The van der Waals surface area contributed by atoms with E-state index >= 15 is 0 Å². The molecule has 0 spiro atoms. The van der Waals surface area contributed by atoms with Crippen molar-refractivity contribution in [2.75, 3.05) is 11.5 Å². The SMILES string of the molecule is CCC(=O)c1ccc(N2Cc3c(ccnc3-c3ccccc3OCC(F)(F)F)C2=O)cc1. The molecule has 0 N–H and O–H groups in total. The Morgan fingerprint density at radius 2 is 1.78 bits per heavy atom. The van der Waals surface area contributed by atoms with E-state index in [9.17, 15) is 22.8 Å². The first-order chi connectivity index (χ1) is 15.3. The molecule has 1 aliphatic heterocycles. The number of Topliss-reactive ketones (excluding diaryl/α,β-unsaturated/α-hetero) is 1. The number of amides is 1. The molecular formula is C24H19F3N2O3. The quantitative estimate of drug-likeness (QED) is 0.479. The maximum Gasteiger partial charge on any atom is 0.422 e. The van der Waals surface area contributed by atoms with E-state index in [1.807, 2.05) is 0 Å². The first-order valence-corrected chi connectivity index (χ1v) is 10.0. The molecule has 1 amide bonds. The third-order valence-electron chi connectivity index (χ3n) is 5.20. The number of pyridine rings is 1. The molecule has 0 bridgehead atoms. The molecule has 164 valence electrons. The van der Waals surface area contributed by atoms with Gasteiger partial charge in [-0.15, -0.1) is 0 Å². The van der Waals surface area contributed by atoms with Crippen molar-refractivity contribution in [2.45, 2.75) is 26.1 Å². The zero-order valence-electron chi connectivity index (χ0n) is 17.1. The molecule has 32 heavy (non-hydrogen) atoms. The predicted molar refractivity (Wildman–Crippen MR) is 113 cm³/mol. The van der Waals surface area contributed by atoms with Gasteiger partial charge in [-0.2, -0.15) is 13.2 Å². The number of ketones is 1. The number of halogens is 3. The molecule has 0 saturated heterocycles. The van der Waals surface area contributed by atoms with Crippen LogP contribution in [-0.2, 0) is 6.54 Å². The average molecular weight is 440 g/mol. The van der Waals surface area contributed by atoms with Crippen LogP contribution in [0.15, 0.2) is 60.8 Å². The Balaban J connectivity index is 1.67. The van der Waals surface area contributed by atoms with Crippen molar-refractivity contribution in [1.82, 2.24) is 4.98 Å². The van der Waals surface area contributed by atoms with Gasteiger partial charge in [0.15, 0.2) is 12.4 Å². The lowest BCUT2D eigenvalue weighted by Crippen LogP contribution is -2.23. The number of anilines is 1. The fourth-order valence-electron chi connectivity index (χ4n) is 3.65. The van der Waals surface area contributed by atoms with Crippen LogP contribution in [0, 0.1) is 0 Å². The molecule has 4 rings (SSSR count). The Bertz CT molecular complexity index is 1170. The summed E-state index contributed by atoms with van der Waals surface area (Å²) in [5, 5.41) is 0. The maximum atomic E-state index is 13.0. The highest BCUT2D eigenvalue weighted by atomic mass is 19.4. The summed E-state index contributed by atoms with van der Waals surface area (Å²) < 4.78 is 43.0. The van der Waals surface area contributed by atoms with Crippen molar-refractivity contribution in [1.29, 1.82) is 0 Å². The number of alkyl halides is 3. The number of para-hydroxylation sites is 1. The highest BCUT2D eigenvalue weighted by Gasteiger charge is 2.33. The predicted octanol–water partition coefficient (Wildman–Crippen LogP) is 5.44. The number of hydrogen-bond acceptors (Lipinski definition) is 4. The molecule has 0 atom stereocenters. The van der Waals surface area contributed by atoms with E-state index in [4.69, 9.17) is 4.74 Å². The lowest BCUT2D eigenvalue weighted by atomic mass is 10.0. The number of carbonyl (C=O) groups is 2. The summed E-state index contributed by atoms with van der Waals surface area (Å²) in [5.74, 6) is -0.194. The van der Waals surface area contributed by atoms with Gasteiger partial charge in [0.2, 0.25) is 0 Å². The van der Waals surface area contributed by atoms with Gasteiger partial charge in [-0.3, -0.25) is 14.6 Å². The number of carbonyl (C=O) groups excluding carboxylic acids is 2. The van der Waals surface area contributed by atoms with Gasteiger partial charge in [0.25, 0.3) is 5.91 Å². The minimum absolute atomic E-state index is 0.00883. The van der Waals surface area contributed by atoms with Gasteiger partial charge in [0.05, 0.1) is 12.2 Å². The number of fused-ring (bicyclic) bond motifs is 1. The van der Waals surface area contributed by atoms with Crippen molar-refractivity contribution in [3.63, 3.8) is 0 Å². The summed E-state index contributed by atoms with van der Waals surface area (Å²) >= 11 is 0. The molecule has 2 aromatic carbocycles. The van der Waals surface area contributed by atoms with Crippen LogP contribution in [0.4, 0.5) is 18.9 Å². The van der Waals surface area contributed by atoms with Crippen LogP contribution in [0.5, 0.6) is 5.75 Å². The third kappa shape index (κ3) is 4.21. The van der Waals surface area contributed by atoms with Crippen LogP contribution in [0.1, 0.15) is 39.6 Å². The highest BCUT2D eigenvalue weighted by molar-refractivity contribution is 6.11. The second kappa shape index (κ2) is 8.45. The van der Waals surface area contributed by atoms with Crippen LogP contribution in [0.2, 0.25) is 0 Å². The Hall–Kier alpha value is -3.68. The summed E-state index contributed by atoms with van der Waals surface area (Å²) in [4.78, 5) is 30.8. The standard InChI is InChI=1S/C24H19F3N2O3/c1-2-20(30)15-7-9-16(10-8-15)29-13-19-17(23(29)31)11-12-28-22(19)18-5-3-4-6-21(18)32-14-24(25,26)27/h3-12H,2,13-14H2,1H3. The Morgan fingerprint density at radius 3 is 2.47 bits per heavy atom. The largest absolute Gasteiger partial charge is 0.483 e. The normalized spacial score (nSPS) is 13.2. The van der Waals surface area contributed by atoms with E-state index in [-0.39, 0.29) is 24.0 Å². The Labute approximate surface area is 182 Å². The van der Waals surface area contributed by atoms with Gasteiger partial charge in [-0.1, -0.05) is 19.1 Å². The van der Waals surface area contributed by atoms with Gasteiger partial charge >= 0.3 is 6.18 Å². The summed E-state index contributed by atoms with van der Waals surface area (Å²) in [6, 6.07) is 14.7. The number of ether oxygens (including phenoxy) is 1. The van der Waals surface area contributed by atoms with Crippen LogP contribution < -0.4 is 9.64 Å². The van der Waals surface area contributed by atoms with E-state index in [1.54, 1.807) is 60.4 Å². The van der Waals surface area contributed by atoms with E-state index in [0.717, 1.165) is 0 Å². The Morgan fingerprint density at radius 1 is 1.06 bits per heavy atom. The van der Waals surface area contributed by atoms with Crippen LogP contribution in [-0.4, -0.2) is 29.5 Å². The molecule has 0 saturated carbocycles. The van der Waals surface area contributed by atoms with Crippen molar-refractivity contribution < 1.29 is 27.5 Å². The zero-order valence-corrected chi connectivity index (χ0v) is 17.1. The van der Waals surface area contributed by atoms with E-state index in [1.165, 1.54) is 12.3 Å². The molecule has 0 radical (unpaired) electrons. The lowest BCUT2D eigenvalue weighted by molar-refractivity contribution is -0.153. The van der Waals surface area contributed by atoms with Gasteiger partial charge in [-0.25, -0.2) is 0 Å². The zero-order chi connectivity index (χ0) is 22.9. The molecular weight excluding hydrogens is 421 g/mol. The van der Waals surface area contributed by atoms with E-state index < -0.39 is 12.8 Å². The van der Waals surface area contributed by atoms with Crippen molar-refractivity contribution in [2.24, 2.45) is 0 Å². The highest BCUT2D eigenvalue weighted by Crippen LogP contribution is 2.37. The molecule has 3 aromatic rings. The first-order valence-electron chi connectivity index (χ1n) is 10.0. The van der Waals surface area contributed by atoms with E-state index in [2.05, 4.69) is 4.98 Å². The number of nitrogens with zero attached hydrogens (tertiary/aromatic N) is 2. The summed E-state index contributed by atoms with van der Waals surface area (Å²) in [6.07, 6.45) is -2.63. The molecule has 2 heterocycles. The van der Waals surface area contributed by atoms with E-state index in [0.29, 0.717) is 40.1 Å². The number of rotatable bonds is 6. The summed E-state index contributed by atoms with van der Waals surface area (Å²) in [7, 11) is 0. The van der Waals surface area contributed by atoms with Crippen LogP contribution in [0.3, 0.4) is 0 Å². The third-order valence-corrected chi connectivity index (χ3v) is 5.20. The summed E-state index contributed by atoms with van der Waals surface area (Å²) in [6.45, 7) is 0.556. The topological polar surface area (TPSA) is 59.5 Å². The molecule has 5 nitrogen and oxygen atoms in total. The Kier molecular flexibility index (Phi) is 5.69. The first kappa shape index (κ1) is 21.5. The van der Waals surface area contributed by atoms with Gasteiger partial charge in [0.1, 0.15) is 5.75 Å². The molecule has 0 unspecified atom stereocenters. The van der Waals surface area contributed by atoms with Gasteiger partial charge in [0, 0.05) is 40.6 Å². The fourth-order valence-corrected chi connectivity index (χ4v) is 3.65. The average Bonchev–Trinajstić information content (AvgIpc) is 3.13.